The lowest BCUT2D eigenvalue weighted by atomic mass is 10.3. The monoisotopic (exact) mass is 345 g/mol. The number of nitrogens with two attached hydrogens (primary N) is 1. The number of halogens is 1. The van der Waals surface area contributed by atoms with Gasteiger partial charge in [-0.15, -0.1) is 5.11 Å². The number of aromatic amines is 1. The van der Waals surface area contributed by atoms with Crippen LogP contribution in [0, 0.1) is 5.82 Å². The van der Waals surface area contributed by atoms with Gasteiger partial charge in [0.25, 0.3) is 0 Å². The summed E-state index contributed by atoms with van der Waals surface area (Å²) in [6.45, 7) is 2.51. The molecule has 8 nitrogen and oxygen atoms in total. The van der Waals surface area contributed by atoms with Crippen molar-refractivity contribution in [3.63, 3.8) is 0 Å². The second-order valence-corrected chi connectivity index (χ2v) is 5.88. The van der Waals surface area contributed by atoms with Crippen LogP contribution in [-0.2, 0) is 11.3 Å². The average Bonchev–Trinajstić information content (AvgIpc) is 3.21. The van der Waals surface area contributed by atoms with Crippen LogP contribution >= 0.6 is 0 Å². The highest BCUT2D eigenvalue weighted by Crippen LogP contribution is 2.26. The highest BCUT2D eigenvalue weighted by Gasteiger charge is 2.16. The van der Waals surface area contributed by atoms with Gasteiger partial charge >= 0.3 is 0 Å². The zero-order chi connectivity index (χ0) is 17.6. The lowest BCUT2D eigenvalue weighted by Crippen LogP contribution is -2.35. The molecule has 1 aromatic heterocycles. The van der Waals surface area contributed by atoms with Crippen molar-refractivity contribution in [2.24, 2.45) is 10.2 Å². The summed E-state index contributed by atoms with van der Waals surface area (Å²) in [6, 6.07) is 5.76. The fraction of sp³-hybridized carbons (Fsp3) is 0.375. The van der Waals surface area contributed by atoms with E-state index in [1.54, 1.807) is 12.1 Å². The third-order valence-electron chi connectivity index (χ3n) is 3.94. The average molecular weight is 345 g/mol. The van der Waals surface area contributed by atoms with Crippen molar-refractivity contribution in [2.45, 2.75) is 19.4 Å². The number of carbonyl (C=O) groups is 1. The molecule has 132 valence electrons. The summed E-state index contributed by atoms with van der Waals surface area (Å²) in [5.74, 6) is -0.293. The van der Waals surface area contributed by atoms with Crippen LogP contribution in [-0.4, -0.2) is 40.6 Å². The van der Waals surface area contributed by atoms with E-state index in [0.29, 0.717) is 23.6 Å². The summed E-state index contributed by atoms with van der Waals surface area (Å²) >= 11 is 0. The first-order valence-electron chi connectivity index (χ1n) is 8.11. The van der Waals surface area contributed by atoms with E-state index < -0.39 is 5.82 Å². The number of aromatic nitrogens is 2. The minimum absolute atomic E-state index is 0.0666. The summed E-state index contributed by atoms with van der Waals surface area (Å²) in [4.78, 5) is 14.1. The minimum atomic E-state index is -0.397. The first-order valence-corrected chi connectivity index (χ1v) is 8.11. The van der Waals surface area contributed by atoms with Crippen LogP contribution in [0.25, 0.3) is 0 Å². The van der Waals surface area contributed by atoms with Crippen LogP contribution in [0.4, 0.5) is 21.6 Å². The summed E-state index contributed by atoms with van der Waals surface area (Å²) < 4.78 is 13.2. The Morgan fingerprint density at radius 2 is 2.16 bits per heavy atom. The van der Waals surface area contributed by atoms with Gasteiger partial charge in [-0.3, -0.25) is 14.8 Å². The Morgan fingerprint density at radius 1 is 1.36 bits per heavy atom. The Balaban J connectivity index is 1.62. The van der Waals surface area contributed by atoms with Crippen molar-refractivity contribution in [1.29, 1.82) is 0 Å². The molecule has 1 amide bonds. The number of likely N-dealkylation sites (tertiary alicyclic amines) is 1. The molecule has 2 aromatic rings. The largest absolute Gasteiger partial charge is 0.380 e. The molecule has 0 spiro atoms. The zero-order valence-corrected chi connectivity index (χ0v) is 13.7. The van der Waals surface area contributed by atoms with E-state index >= 15 is 0 Å². The van der Waals surface area contributed by atoms with Gasteiger partial charge in [0.2, 0.25) is 5.91 Å². The summed E-state index contributed by atoms with van der Waals surface area (Å²) in [5.41, 5.74) is 7.04. The summed E-state index contributed by atoms with van der Waals surface area (Å²) in [7, 11) is 0. The van der Waals surface area contributed by atoms with Crippen molar-refractivity contribution in [3.05, 3.63) is 35.8 Å². The Morgan fingerprint density at radius 3 is 2.92 bits per heavy atom. The SMILES string of the molecule is Nc1n[nH]c(CNC(=O)CN2CCCC2)c1N=Nc1cccc(F)c1. The number of rotatable bonds is 6. The van der Waals surface area contributed by atoms with E-state index in [2.05, 4.69) is 30.6 Å². The fourth-order valence-corrected chi connectivity index (χ4v) is 2.66. The van der Waals surface area contributed by atoms with Crippen LogP contribution in [0.5, 0.6) is 0 Å². The van der Waals surface area contributed by atoms with Gasteiger partial charge in [0.05, 0.1) is 24.5 Å². The highest BCUT2D eigenvalue weighted by molar-refractivity contribution is 5.78. The first kappa shape index (κ1) is 17.0. The lowest BCUT2D eigenvalue weighted by molar-refractivity contribution is -0.122. The standard InChI is InChI=1S/C16H20FN7O/c17-11-4-3-5-12(8-11)20-22-15-13(21-23-16(15)18)9-19-14(25)10-24-6-1-2-7-24/h3-5,8H,1-2,6-7,9-10H2,(H,19,25)(H3,18,21,23). The van der Waals surface area contributed by atoms with Crippen LogP contribution < -0.4 is 11.1 Å². The van der Waals surface area contributed by atoms with Crippen molar-refractivity contribution in [1.82, 2.24) is 20.4 Å². The molecule has 0 aliphatic carbocycles. The molecule has 1 aliphatic heterocycles. The predicted octanol–water partition coefficient (Wildman–Crippen LogP) is 2.26. The highest BCUT2D eigenvalue weighted by atomic mass is 19.1. The molecule has 1 fully saturated rings. The molecule has 1 aliphatic rings. The van der Waals surface area contributed by atoms with E-state index in [0.717, 1.165) is 25.9 Å². The molecule has 4 N–H and O–H groups in total. The number of carbonyl (C=O) groups excluding carboxylic acids is 1. The third-order valence-corrected chi connectivity index (χ3v) is 3.94. The topological polar surface area (TPSA) is 112 Å². The van der Waals surface area contributed by atoms with Crippen molar-refractivity contribution >= 4 is 23.1 Å². The Labute approximate surface area is 144 Å². The molecular weight excluding hydrogens is 325 g/mol. The Kier molecular flexibility index (Phi) is 5.34. The second-order valence-electron chi connectivity index (χ2n) is 5.88. The van der Waals surface area contributed by atoms with Crippen LogP contribution in [0.3, 0.4) is 0 Å². The van der Waals surface area contributed by atoms with Gasteiger partial charge in [0, 0.05) is 6.07 Å². The molecule has 0 atom stereocenters. The number of hydrogen-bond acceptors (Lipinski definition) is 6. The third kappa shape index (κ3) is 4.60. The maximum absolute atomic E-state index is 13.2. The van der Waals surface area contributed by atoms with E-state index in [1.807, 2.05) is 0 Å². The lowest BCUT2D eigenvalue weighted by Gasteiger charge is -2.13. The predicted molar refractivity (Wildman–Crippen MR) is 91.1 cm³/mol. The number of nitrogens with one attached hydrogen (secondary N) is 2. The first-order chi connectivity index (χ1) is 12.1. The van der Waals surface area contributed by atoms with E-state index in [1.165, 1.54) is 12.1 Å². The van der Waals surface area contributed by atoms with Crippen molar-refractivity contribution in [2.75, 3.05) is 25.4 Å². The molecule has 2 heterocycles. The number of nitrogen functional groups attached to an aromatic ring is 1. The number of benzene rings is 1. The normalized spacial score (nSPS) is 15.1. The molecule has 0 unspecified atom stereocenters. The number of anilines is 1. The Hall–Kier alpha value is -2.81. The molecule has 3 rings (SSSR count). The van der Waals surface area contributed by atoms with Crippen LogP contribution in [0.2, 0.25) is 0 Å². The van der Waals surface area contributed by atoms with E-state index in [-0.39, 0.29) is 18.3 Å². The maximum Gasteiger partial charge on any atom is 0.234 e. The molecule has 25 heavy (non-hydrogen) atoms. The van der Waals surface area contributed by atoms with Crippen LogP contribution in [0.15, 0.2) is 34.5 Å². The van der Waals surface area contributed by atoms with E-state index in [9.17, 15) is 9.18 Å². The summed E-state index contributed by atoms with van der Waals surface area (Å²) in [6.07, 6.45) is 2.27. The van der Waals surface area contributed by atoms with E-state index in [4.69, 9.17) is 5.73 Å². The summed E-state index contributed by atoms with van der Waals surface area (Å²) in [5, 5.41) is 17.4. The van der Waals surface area contributed by atoms with Gasteiger partial charge in [-0.2, -0.15) is 10.2 Å². The van der Waals surface area contributed by atoms with Gasteiger partial charge in [-0.05, 0) is 38.1 Å². The Bertz CT molecular complexity index is 768. The van der Waals surface area contributed by atoms with Crippen molar-refractivity contribution < 1.29 is 9.18 Å². The van der Waals surface area contributed by atoms with Crippen LogP contribution in [0.1, 0.15) is 18.5 Å². The zero-order valence-electron chi connectivity index (χ0n) is 13.7. The van der Waals surface area contributed by atoms with Gasteiger partial charge in [0.15, 0.2) is 11.5 Å². The second kappa shape index (κ2) is 7.84. The molecule has 0 radical (unpaired) electrons. The molecule has 9 heteroatoms. The molecule has 0 saturated carbocycles. The molecular formula is C16H20FN7O. The fourth-order valence-electron chi connectivity index (χ4n) is 2.66. The van der Waals surface area contributed by atoms with Crippen molar-refractivity contribution in [3.8, 4) is 0 Å². The van der Waals surface area contributed by atoms with Gasteiger partial charge < -0.3 is 11.1 Å². The maximum atomic E-state index is 13.2. The quantitative estimate of drug-likeness (QED) is 0.697. The number of amides is 1. The molecule has 1 aromatic carbocycles. The van der Waals surface area contributed by atoms with Gasteiger partial charge in [-0.25, -0.2) is 4.39 Å². The van der Waals surface area contributed by atoms with Gasteiger partial charge in [-0.1, -0.05) is 6.07 Å². The van der Waals surface area contributed by atoms with Gasteiger partial charge in [0.1, 0.15) is 5.82 Å². The number of nitrogens with zero attached hydrogens (tertiary/aromatic N) is 4. The number of hydrogen-bond donors (Lipinski definition) is 3. The minimum Gasteiger partial charge on any atom is -0.380 e. The number of H-pyrrole nitrogens is 1. The molecule has 1 saturated heterocycles. The smallest absolute Gasteiger partial charge is 0.234 e. The number of azo groups is 1. The molecule has 0 bridgehead atoms.